The fraction of sp³-hybridized carbons (Fsp3) is 0.571. The van der Waals surface area contributed by atoms with Crippen molar-refractivity contribution in [1.82, 2.24) is 9.62 Å². The molecule has 5 nitrogen and oxygen atoms in total. The van der Waals surface area contributed by atoms with Gasteiger partial charge in [-0.3, -0.25) is 0 Å². The first-order valence-electron chi connectivity index (χ1n) is 7.06. The summed E-state index contributed by atoms with van der Waals surface area (Å²) in [5.41, 5.74) is 0.958. The summed E-state index contributed by atoms with van der Waals surface area (Å²) in [5, 5.41) is 3.21. The largest absolute Gasteiger partial charge is 0.376 e. The maximum Gasteiger partial charge on any atom is 0.244 e. The Balaban J connectivity index is 2.30. The highest BCUT2D eigenvalue weighted by molar-refractivity contribution is 9.10. The summed E-state index contributed by atoms with van der Waals surface area (Å²) in [6, 6.07) is 5.46. The Hall–Kier alpha value is -0.470. The molecule has 0 aliphatic carbocycles. The molecular formula is C14H21BrN2O3S. The summed E-state index contributed by atoms with van der Waals surface area (Å²) in [6.07, 6.45) is -0.0720. The van der Waals surface area contributed by atoms with Gasteiger partial charge in [-0.1, -0.05) is 13.0 Å². The third-order valence-corrected chi connectivity index (χ3v) is 6.26. The Morgan fingerprint density at radius 2 is 2.24 bits per heavy atom. The molecule has 0 aromatic heterocycles. The van der Waals surface area contributed by atoms with E-state index in [1.165, 1.54) is 4.31 Å². The van der Waals surface area contributed by atoms with E-state index in [2.05, 4.69) is 21.2 Å². The van der Waals surface area contributed by atoms with Crippen molar-refractivity contribution in [3.8, 4) is 0 Å². The van der Waals surface area contributed by atoms with E-state index in [0.717, 1.165) is 12.1 Å². The standard InChI is InChI=1S/C14H21BrN2O3S/c1-3-16-9-12-4-5-13(15)14(8-12)21(18,19)17-6-7-20-11(2)10-17/h4-5,8,11,16H,3,6-7,9-10H2,1-2H3. The molecule has 1 aliphatic heterocycles. The van der Waals surface area contributed by atoms with E-state index in [-0.39, 0.29) is 6.10 Å². The van der Waals surface area contributed by atoms with Crippen molar-refractivity contribution in [1.29, 1.82) is 0 Å². The molecule has 0 amide bonds. The number of hydrogen-bond acceptors (Lipinski definition) is 4. The molecule has 21 heavy (non-hydrogen) atoms. The highest BCUT2D eigenvalue weighted by Gasteiger charge is 2.30. The van der Waals surface area contributed by atoms with Crippen LogP contribution < -0.4 is 5.32 Å². The van der Waals surface area contributed by atoms with Crippen LogP contribution in [0.25, 0.3) is 0 Å². The van der Waals surface area contributed by atoms with Gasteiger partial charge in [-0.25, -0.2) is 8.42 Å². The lowest BCUT2D eigenvalue weighted by molar-refractivity contribution is 0.0102. The zero-order valence-corrected chi connectivity index (χ0v) is 14.7. The van der Waals surface area contributed by atoms with Gasteiger partial charge in [0.1, 0.15) is 0 Å². The van der Waals surface area contributed by atoms with E-state index in [1.807, 2.05) is 19.9 Å². The molecule has 1 aliphatic rings. The molecule has 0 spiro atoms. The zero-order chi connectivity index (χ0) is 15.5. The van der Waals surface area contributed by atoms with Crippen LogP contribution in [-0.2, 0) is 21.3 Å². The van der Waals surface area contributed by atoms with Crippen LogP contribution in [0.1, 0.15) is 19.4 Å². The Bertz CT molecular complexity index is 592. The average Bonchev–Trinajstić information content (AvgIpc) is 2.46. The molecule has 0 radical (unpaired) electrons. The van der Waals surface area contributed by atoms with Crippen molar-refractivity contribution in [2.45, 2.75) is 31.4 Å². The van der Waals surface area contributed by atoms with E-state index < -0.39 is 10.0 Å². The SMILES string of the molecule is CCNCc1ccc(Br)c(S(=O)(=O)N2CCOC(C)C2)c1. The number of morpholine rings is 1. The van der Waals surface area contributed by atoms with Crippen LogP contribution in [0.3, 0.4) is 0 Å². The predicted octanol–water partition coefficient (Wildman–Crippen LogP) is 1.97. The van der Waals surface area contributed by atoms with Gasteiger partial charge < -0.3 is 10.1 Å². The van der Waals surface area contributed by atoms with Gasteiger partial charge in [0.15, 0.2) is 0 Å². The van der Waals surface area contributed by atoms with Gasteiger partial charge in [0.25, 0.3) is 0 Å². The van der Waals surface area contributed by atoms with Gasteiger partial charge in [0.2, 0.25) is 10.0 Å². The normalized spacial score (nSPS) is 20.6. The van der Waals surface area contributed by atoms with E-state index in [0.29, 0.717) is 35.6 Å². The van der Waals surface area contributed by atoms with Crippen LogP contribution in [0.2, 0.25) is 0 Å². The molecule has 1 saturated heterocycles. The lowest BCUT2D eigenvalue weighted by atomic mass is 10.2. The number of halogens is 1. The van der Waals surface area contributed by atoms with Crippen LogP contribution in [0, 0.1) is 0 Å². The third-order valence-electron chi connectivity index (χ3n) is 3.40. The summed E-state index contributed by atoms with van der Waals surface area (Å²) in [4.78, 5) is 0.326. The van der Waals surface area contributed by atoms with Crippen molar-refractivity contribution in [3.63, 3.8) is 0 Å². The number of ether oxygens (including phenoxy) is 1. The number of rotatable bonds is 5. The van der Waals surface area contributed by atoms with Gasteiger partial charge in [0.05, 0.1) is 17.6 Å². The molecule has 1 aromatic rings. The zero-order valence-electron chi connectivity index (χ0n) is 12.3. The quantitative estimate of drug-likeness (QED) is 0.853. The molecule has 118 valence electrons. The Morgan fingerprint density at radius 1 is 1.48 bits per heavy atom. The number of benzene rings is 1. The fourth-order valence-electron chi connectivity index (χ4n) is 2.27. The van der Waals surface area contributed by atoms with Crippen LogP contribution in [0.15, 0.2) is 27.6 Å². The van der Waals surface area contributed by atoms with E-state index in [4.69, 9.17) is 4.74 Å². The molecular weight excluding hydrogens is 356 g/mol. The number of nitrogens with zero attached hydrogens (tertiary/aromatic N) is 1. The number of nitrogens with one attached hydrogen (secondary N) is 1. The number of sulfonamides is 1. The Morgan fingerprint density at radius 3 is 2.90 bits per heavy atom. The summed E-state index contributed by atoms with van der Waals surface area (Å²) < 4.78 is 33.1. The number of hydrogen-bond donors (Lipinski definition) is 1. The molecule has 1 fully saturated rings. The minimum Gasteiger partial charge on any atom is -0.376 e. The minimum atomic E-state index is -3.49. The molecule has 1 aromatic carbocycles. The molecule has 1 N–H and O–H groups in total. The Labute approximate surface area is 134 Å². The minimum absolute atomic E-state index is 0.0720. The van der Waals surface area contributed by atoms with Gasteiger partial charge in [-0.05, 0) is 47.1 Å². The second-order valence-electron chi connectivity index (χ2n) is 5.09. The van der Waals surface area contributed by atoms with E-state index in [1.54, 1.807) is 12.1 Å². The van der Waals surface area contributed by atoms with Crippen LogP contribution in [0.5, 0.6) is 0 Å². The third kappa shape index (κ3) is 4.04. The Kier molecular flexibility index (Phi) is 5.79. The van der Waals surface area contributed by atoms with Gasteiger partial charge >= 0.3 is 0 Å². The van der Waals surface area contributed by atoms with Crippen LogP contribution >= 0.6 is 15.9 Å². The van der Waals surface area contributed by atoms with Crippen molar-refractivity contribution in [2.24, 2.45) is 0 Å². The van der Waals surface area contributed by atoms with Crippen LogP contribution in [0.4, 0.5) is 0 Å². The highest BCUT2D eigenvalue weighted by atomic mass is 79.9. The lowest BCUT2D eigenvalue weighted by Crippen LogP contribution is -2.44. The lowest BCUT2D eigenvalue weighted by Gasteiger charge is -2.30. The summed E-state index contributed by atoms with van der Waals surface area (Å²) >= 11 is 3.36. The predicted molar refractivity (Wildman–Crippen MR) is 85.7 cm³/mol. The highest BCUT2D eigenvalue weighted by Crippen LogP contribution is 2.27. The molecule has 0 saturated carbocycles. The van der Waals surface area contributed by atoms with Crippen LogP contribution in [-0.4, -0.2) is 45.1 Å². The summed E-state index contributed by atoms with van der Waals surface area (Å²) in [6.45, 7) is 6.65. The molecule has 1 atom stereocenters. The van der Waals surface area contributed by atoms with Crippen molar-refractivity contribution >= 4 is 26.0 Å². The average molecular weight is 377 g/mol. The van der Waals surface area contributed by atoms with E-state index >= 15 is 0 Å². The molecule has 0 bridgehead atoms. The van der Waals surface area contributed by atoms with E-state index in [9.17, 15) is 8.42 Å². The van der Waals surface area contributed by atoms with Crippen molar-refractivity contribution in [3.05, 3.63) is 28.2 Å². The fourth-order valence-corrected chi connectivity index (χ4v) is 4.74. The molecule has 2 rings (SSSR count). The smallest absolute Gasteiger partial charge is 0.244 e. The maximum absolute atomic E-state index is 12.8. The molecule has 1 unspecified atom stereocenters. The van der Waals surface area contributed by atoms with Gasteiger partial charge in [-0.15, -0.1) is 0 Å². The second-order valence-corrected chi connectivity index (χ2v) is 7.85. The first kappa shape index (κ1) is 16.9. The monoisotopic (exact) mass is 376 g/mol. The molecule has 7 heteroatoms. The first-order chi connectivity index (χ1) is 9.95. The first-order valence-corrected chi connectivity index (χ1v) is 9.29. The second kappa shape index (κ2) is 7.19. The van der Waals surface area contributed by atoms with Gasteiger partial charge in [-0.2, -0.15) is 4.31 Å². The maximum atomic E-state index is 12.8. The summed E-state index contributed by atoms with van der Waals surface area (Å²) in [5.74, 6) is 0. The van der Waals surface area contributed by atoms with Crippen molar-refractivity contribution < 1.29 is 13.2 Å². The topological polar surface area (TPSA) is 58.6 Å². The van der Waals surface area contributed by atoms with Gasteiger partial charge in [0, 0.05) is 24.1 Å². The summed E-state index contributed by atoms with van der Waals surface area (Å²) in [7, 11) is -3.49. The molecule has 1 heterocycles. The van der Waals surface area contributed by atoms with Crippen molar-refractivity contribution in [2.75, 3.05) is 26.2 Å².